The molecule has 2 aromatic rings. The second-order valence-electron chi connectivity index (χ2n) is 5.78. The van der Waals surface area contributed by atoms with Crippen LogP contribution in [0.25, 0.3) is 0 Å². The maximum atomic E-state index is 10.8. The molecule has 0 bridgehead atoms. The van der Waals surface area contributed by atoms with Gasteiger partial charge in [-0.2, -0.15) is 0 Å². The molecule has 0 aliphatic heterocycles. The van der Waals surface area contributed by atoms with Gasteiger partial charge >= 0.3 is 0 Å². The Labute approximate surface area is 126 Å². The SMILES string of the molecule is CN(C)CC(C)(Oc1ccccc1)C(O)c1ccccc1. The summed E-state index contributed by atoms with van der Waals surface area (Å²) in [4.78, 5) is 2.02. The lowest BCUT2D eigenvalue weighted by molar-refractivity contribution is -0.0569. The van der Waals surface area contributed by atoms with E-state index in [2.05, 4.69) is 0 Å². The highest BCUT2D eigenvalue weighted by molar-refractivity contribution is 5.25. The summed E-state index contributed by atoms with van der Waals surface area (Å²) in [5.41, 5.74) is 0.129. The predicted octanol–water partition coefficient (Wildman–Crippen LogP) is 3.12. The summed E-state index contributed by atoms with van der Waals surface area (Å²) >= 11 is 0. The molecule has 0 radical (unpaired) electrons. The van der Waals surface area contributed by atoms with Gasteiger partial charge < -0.3 is 14.7 Å². The van der Waals surface area contributed by atoms with Crippen molar-refractivity contribution in [3.8, 4) is 5.75 Å². The molecule has 0 heterocycles. The van der Waals surface area contributed by atoms with Crippen molar-refractivity contribution >= 4 is 0 Å². The molecule has 2 aromatic carbocycles. The zero-order chi connectivity index (χ0) is 15.3. The second kappa shape index (κ2) is 6.74. The predicted molar refractivity (Wildman–Crippen MR) is 85.4 cm³/mol. The van der Waals surface area contributed by atoms with E-state index < -0.39 is 11.7 Å². The van der Waals surface area contributed by atoms with Crippen molar-refractivity contribution in [1.29, 1.82) is 0 Å². The van der Waals surface area contributed by atoms with Crippen LogP contribution >= 0.6 is 0 Å². The van der Waals surface area contributed by atoms with Crippen LogP contribution in [0.15, 0.2) is 60.7 Å². The number of nitrogens with zero attached hydrogens (tertiary/aromatic N) is 1. The Hall–Kier alpha value is -1.84. The first kappa shape index (κ1) is 15.5. The first-order valence-electron chi connectivity index (χ1n) is 7.13. The zero-order valence-electron chi connectivity index (χ0n) is 12.9. The topological polar surface area (TPSA) is 32.7 Å². The number of para-hydroxylation sites is 1. The molecular weight excluding hydrogens is 262 g/mol. The van der Waals surface area contributed by atoms with Crippen molar-refractivity contribution in [2.75, 3.05) is 20.6 Å². The third-order valence-electron chi connectivity index (χ3n) is 3.42. The molecule has 0 saturated carbocycles. The van der Waals surface area contributed by atoms with Gasteiger partial charge in [-0.05, 0) is 38.7 Å². The molecule has 3 nitrogen and oxygen atoms in total. The van der Waals surface area contributed by atoms with Crippen LogP contribution in [-0.2, 0) is 0 Å². The number of likely N-dealkylation sites (N-methyl/N-ethyl adjacent to an activating group) is 1. The van der Waals surface area contributed by atoms with Gasteiger partial charge in [0, 0.05) is 6.54 Å². The minimum atomic E-state index is -0.730. The monoisotopic (exact) mass is 285 g/mol. The maximum Gasteiger partial charge on any atom is 0.149 e. The third kappa shape index (κ3) is 4.06. The molecule has 0 saturated heterocycles. The summed E-state index contributed by atoms with van der Waals surface area (Å²) < 4.78 is 6.14. The van der Waals surface area contributed by atoms with Crippen LogP contribution in [0.1, 0.15) is 18.6 Å². The number of hydrogen-bond donors (Lipinski definition) is 1. The Bertz CT molecular complexity index is 542. The van der Waals surface area contributed by atoms with Crippen molar-refractivity contribution in [2.24, 2.45) is 0 Å². The molecule has 21 heavy (non-hydrogen) atoms. The largest absolute Gasteiger partial charge is 0.483 e. The van der Waals surface area contributed by atoms with Gasteiger partial charge in [0.1, 0.15) is 17.5 Å². The molecular formula is C18H23NO2. The first-order valence-corrected chi connectivity index (χ1v) is 7.13. The standard InChI is InChI=1S/C18H23NO2/c1-18(14-19(2)3,21-16-12-8-5-9-13-16)17(20)15-10-6-4-7-11-15/h4-13,17,20H,14H2,1-3H3. The average Bonchev–Trinajstić information content (AvgIpc) is 2.47. The van der Waals surface area contributed by atoms with Crippen LogP contribution in [0.5, 0.6) is 5.75 Å². The maximum absolute atomic E-state index is 10.8. The van der Waals surface area contributed by atoms with Crippen LogP contribution in [0.2, 0.25) is 0 Å². The minimum absolute atomic E-state index is 0.609. The van der Waals surface area contributed by atoms with Gasteiger partial charge in [-0.15, -0.1) is 0 Å². The van der Waals surface area contributed by atoms with Crippen LogP contribution in [0.4, 0.5) is 0 Å². The summed E-state index contributed by atoms with van der Waals surface area (Å²) in [7, 11) is 3.95. The molecule has 0 aliphatic rings. The van der Waals surface area contributed by atoms with E-state index in [-0.39, 0.29) is 0 Å². The summed E-state index contributed by atoms with van der Waals surface area (Å²) in [6.45, 7) is 2.55. The number of ether oxygens (including phenoxy) is 1. The molecule has 0 amide bonds. The Morgan fingerprint density at radius 2 is 1.52 bits per heavy atom. The van der Waals surface area contributed by atoms with Gasteiger partial charge in [0.2, 0.25) is 0 Å². The van der Waals surface area contributed by atoms with Crippen LogP contribution < -0.4 is 4.74 Å². The fourth-order valence-electron chi connectivity index (χ4n) is 2.55. The van der Waals surface area contributed by atoms with Gasteiger partial charge in [0.15, 0.2) is 0 Å². The van der Waals surface area contributed by atoms with Gasteiger partial charge in [0.25, 0.3) is 0 Å². The Morgan fingerprint density at radius 1 is 1.00 bits per heavy atom. The average molecular weight is 285 g/mol. The van der Waals surface area contributed by atoms with E-state index in [1.54, 1.807) is 0 Å². The van der Waals surface area contributed by atoms with E-state index in [1.807, 2.05) is 86.6 Å². The van der Waals surface area contributed by atoms with E-state index in [9.17, 15) is 5.11 Å². The quantitative estimate of drug-likeness (QED) is 0.885. The third-order valence-corrected chi connectivity index (χ3v) is 3.42. The highest BCUT2D eigenvalue weighted by Crippen LogP contribution is 2.31. The first-order chi connectivity index (χ1) is 10.0. The lowest BCUT2D eigenvalue weighted by atomic mass is 9.92. The molecule has 0 spiro atoms. The van der Waals surface area contributed by atoms with Gasteiger partial charge in [-0.3, -0.25) is 0 Å². The fraction of sp³-hybridized carbons (Fsp3) is 0.333. The summed E-state index contributed by atoms with van der Waals surface area (Å²) in [6.07, 6.45) is -0.707. The lowest BCUT2D eigenvalue weighted by Gasteiger charge is -2.37. The van der Waals surface area contributed by atoms with Crippen molar-refractivity contribution in [1.82, 2.24) is 4.90 Å². The molecule has 3 heteroatoms. The molecule has 2 rings (SSSR count). The number of benzene rings is 2. The highest BCUT2D eigenvalue weighted by Gasteiger charge is 2.37. The van der Waals surface area contributed by atoms with Crippen molar-refractivity contribution in [3.05, 3.63) is 66.2 Å². The fourth-order valence-corrected chi connectivity index (χ4v) is 2.55. The smallest absolute Gasteiger partial charge is 0.149 e. The molecule has 0 aromatic heterocycles. The lowest BCUT2D eigenvalue weighted by Crippen LogP contribution is -2.47. The number of rotatable bonds is 6. The Morgan fingerprint density at radius 3 is 2.05 bits per heavy atom. The van der Waals surface area contributed by atoms with Crippen LogP contribution in [0.3, 0.4) is 0 Å². The number of hydrogen-bond acceptors (Lipinski definition) is 3. The highest BCUT2D eigenvalue weighted by atomic mass is 16.5. The number of aliphatic hydroxyl groups is 1. The second-order valence-corrected chi connectivity index (χ2v) is 5.78. The summed E-state index contributed by atoms with van der Waals surface area (Å²) in [5.74, 6) is 0.761. The summed E-state index contributed by atoms with van der Waals surface area (Å²) in [5, 5.41) is 10.8. The molecule has 112 valence electrons. The molecule has 2 atom stereocenters. The minimum Gasteiger partial charge on any atom is -0.483 e. The van der Waals surface area contributed by atoms with E-state index in [4.69, 9.17) is 4.74 Å². The van der Waals surface area contributed by atoms with Crippen LogP contribution in [-0.4, -0.2) is 36.2 Å². The molecule has 0 fully saturated rings. The number of aliphatic hydroxyl groups excluding tert-OH is 1. The molecule has 0 aliphatic carbocycles. The van der Waals surface area contributed by atoms with Gasteiger partial charge in [0.05, 0.1) is 0 Å². The van der Waals surface area contributed by atoms with E-state index in [0.717, 1.165) is 11.3 Å². The van der Waals surface area contributed by atoms with Gasteiger partial charge in [-0.25, -0.2) is 0 Å². The Kier molecular flexibility index (Phi) is 4.99. The van der Waals surface area contributed by atoms with Crippen molar-refractivity contribution < 1.29 is 9.84 Å². The molecule has 1 N–H and O–H groups in total. The van der Waals surface area contributed by atoms with Crippen molar-refractivity contribution in [2.45, 2.75) is 18.6 Å². The van der Waals surface area contributed by atoms with Crippen molar-refractivity contribution in [3.63, 3.8) is 0 Å². The summed E-state index contributed by atoms with van der Waals surface area (Å²) in [6, 6.07) is 19.3. The van der Waals surface area contributed by atoms with E-state index in [0.29, 0.717) is 6.54 Å². The zero-order valence-corrected chi connectivity index (χ0v) is 12.9. The Balaban J connectivity index is 2.28. The van der Waals surface area contributed by atoms with Crippen LogP contribution in [0, 0.1) is 0 Å². The van der Waals surface area contributed by atoms with Gasteiger partial charge in [-0.1, -0.05) is 48.5 Å². The van der Waals surface area contributed by atoms with E-state index in [1.165, 1.54) is 0 Å². The molecule has 2 unspecified atom stereocenters. The van der Waals surface area contributed by atoms with E-state index >= 15 is 0 Å². The normalized spacial score (nSPS) is 15.5.